The van der Waals surface area contributed by atoms with Crippen LogP contribution in [0.25, 0.3) is 0 Å². The molecular formula is C15H21NO4. The predicted molar refractivity (Wildman–Crippen MR) is 75.3 cm³/mol. The molecule has 0 bridgehead atoms. The van der Waals surface area contributed by atoms with Gasteiger partial charge in [-0.25, -0.2) is 0 Å². The zero-order valence-corrected chi connectivity index (χ0v) is 11.8. The van der Waals surface area contributed by atoms with E-state index in [1.54, 1.807) is 6.92 Å². The molecule has 0 radical (unpaired) electrons. The van der Waals surface area contributed by atoms with Crippen LogP contribution in [0, 0.1) is 11.8 Å². The van der Waals surface area contributed by atoms with Crippen molar-refractivity contribution in [3.8, 4) is 0 Å². The Bertz CT molecular complexity index is 433. The van der Waals surface area contributed by atoms with E-state index in [2.05, 4.69) is 5.32 Å². The number of hydrogen-bond acceptors (Lipinski definition) is 3. The molecule has 0 heterocycles. The van der Waals surface area contributed by atoms with Crippen LogP contribution in [0.4, 0.5) is 0 Å². The fourth-order valence-corrected chi connectivity index (χ4v) is 1.87. The number of carboxylic acids is 1. The number of methoxy groups -OCH3 is 1. The second kappa shape index (κ2) is 8.32. The van der Waals surface area contributed by atoms with Crippen LogP contribution < -0.4 is 5.32 Å². The first-order chi connectivity index (χ1) is 9.54. The van der Waals surface area contributed by atoms with E-state index in [0.717, 1.165) is 5.56 Å². The van der Waals surface area contributed by atoms with Gasteiger partial charge in [-0.1, -0.05) is 37.3 Å². The molecule has 110 valence electrons. The van der Waals surface area contributed by atoms with Crippen molar-refractivity contribution in [1.82, 2.24) is 5.32 Å². The van der Waals surface area contributed by atoms with Crippen molar-refractivity contribution < 1.29 is 19.4 Å². The van der Waals surface area contributed by atoms with Gasteiger partial charge < -0.3 is 15.2 Å². The third kappa shape index (κ3) is 5.40. The Balaban J connectivity index is 2.52. The van der Waals surface area contributed by atoms with Crippen molar-refractivity contribution in [3.63, 3.8) is 0 Å². The summed E-state index contributed by atoms with van der Waals surface area (Å²) in [5, 5.41) is 11.9. The van der Waals surface area contributed by atoms with Crippen LogP contribution in [0.2, 0.25) is 0 Å². The van der Waals surface area contributed by atoms with E-state index in [1.807, 2.05) is 30.3 Å². The average Bonchev–Trinajstić information content (AvgIpc) is 2.44. The van der Waals surface area contributed by atoms with Gasteiger partial charge in [-0.15, -0.1) is 0 Å². The van der Waals surface area contributed by atoms with Crippen molar-refractivity contribution in [2.24, 2.45) is 11.8 Å². The van der Waals surface area contributed by atoms with Crippen LogP contribution in [-0.4, -0.2) is 37.2 Å². The second-order valence-corrected chi connectivity index (χ2v) is 4.83. The molecule has 0 aliphatic heterocycles. The highest BCUT2D eigenvalue weighted by Crippen LogP contribution is 2.09. The van der Waals surface area contributed by atoms with Crippen LogP contribution in [0.3, 0.4) is 0 Å². The molecule has 1 amide bonds. The van der Waals surface area contributed by atoms with Gasteiger partial charge in [0.1, 0.15) is 0 Å². The highest BCUT2D eigenvalue weighted by Gasteiger charge is 2.20. The summed E-state index contributed by atoms with van der Waals surface area (Å²) in [6.45, 7) is 2.19. The molecule has 0 fully saturated rings. The Hall–Kier alpha value is -1.88. The van der Waals surface area contributed by atoms with Gasteiger partial charge in [-0.3, -0.25) is 9.59 Å². The van der Waals surface area contributed by atoms with Crippen molar-refractivity contribution >= 4 is 11.9 Å². The first-order valence-corrected chi connectivity index (χ1v) is 6.58. The standard InChI is InChI=1S/C15H21NO4/c1-11(10-20-2)14(17)16-9-13(15(18)19)8-12-6-4-3-5-7-12/h3-7,11,13H,8-10H2,1-2H3,(H,16,17)(H,18,19). The molecule has 5 heteroatoms. The van der Waals surface area contributed by atoms with E-state index in [0.29, 0.717) is 13.0 Å². The highest BCUT2D eigenvalue weighted by molar-refractivity contribution is 5.79. The number of ether oxygens (including phenoxy) is 1. The van der Waals surface area contributed by atoms with E-state index in [9.17, 15) is 14.7 Å². The fraction of sp³-hybridized carbons (Fsp3) is 0.467. The molecule has 0 aliphatic carbocycles. The molecule has 0 saturated carbocycles. The number of carboxylic acid groups (broad SMARTS) is 1. The van der Waals surface area contributed by atoms with Gasteiger partial charge in [-0.05, 0) is 12.0 Å². The Labute approximate surface area is 118 Å². The van der Waals surface area contributed by atoms with E-state index < -0.39 is 11.9 Å². The van der Waals surface area contributed by atoms with Crippen LogP contribution in [0.5, 0.6) is 0 Å². The minimum Gasteiger partial charge on any atom is -0.481 e. The van der Waals surface area contributed by atoms with Gasteiger partial charge in [0, 0.05) is 13.7 Å². The van der Waals surface area contributed by atoms with E-state index in [1.165, 1.54) is 7.11 Å². The highest BCUT2D eigenvalue weighted by atomic mass is 16.5. The first-order valence-electron chi connectivity index (χ1n) is 6.58. The molecule has 0 spiro atoms. The summed E-state index contributed by atoms with van der Waals surface area (Å²) >= 11 is 0. The summed E-state index contributed by atoms with van der Waals surface area (Å²) in [5.41, 5.74) is 0.944. The number of rotatable bonds is 8. The summed E-state index contributed by atoms with van der Waals surface area (Å²) in [7, 11) is 1.53. The number of benzene rings is 1. The molecule has 0 aliphatic rings. The lowest BCUT2D eigenvalue weighted by Crippen LogP contribution is -2.37. The third-order valence-electron chi connectivity index (χ3n) is 3.06. The van der Waals surface area contributed by atoms with Gasteiger partial charge in [-0.2, -0.15) is 0 Å². The molecule has 2 unspecified atom stereocenters. The maximum absolute atomic E-state index is 11.7. The lowest BCUT2D eigenvalue weighted by atomic mass is 9.99. The van der Waals surface area contributed by atoms with Crippen molar-refractivity contribution in [2.75, 3.05) is 20.3 Å². The monoisotopic (exact) mass is 279 g/mol. The molecule has 1 aromatic carbocycles. The molecular weight excluding hydrogens is 258 g/mol. The van der Waals surface area contributed by atoms with Crippen LogP contribution in [-0.2, 0) is 20.7 Å². The normalized spacial score (nSPS) is 13.5. The van der Waals surface area contributed by atoms with Gasteiger partial charge in [0.25, 0.3) is 0 Å². The van der Waals surface area contributed by atoms with Crippen LogP contribution in [0.1, 0.15) is 12.5 Å². The quantitative estimate of drug-likeness (QED) is 0.752. The maximum Gasteiger partial charge on any atom is 0.308 e. The maximum atomic E-state index is 11.7. The predicted octanol–water partition coefficient (Wildman–Crippen LogP) is 1.33. The van der Waals surface area contributed by atoms with Crippen molar-refractivity contribution in [3.05, 3.63) is 35.9 Å². The molecule has 20 heavy (non-hydrogen) atoms. The van der Waals surface area contributed by atoms with Crippen LogP contribution >= 0.6 is 0 Å². The molecule has 1 aromatic rings. The Morgan fingerprint density at radius 1 is 1.30 bits per heavy atom. The van der Waals surface area contributed by atoms with Crippen molar-refractivity contribution in [1.29, 1.82) is 0 Å². The number of amides is 1. The Morgan fingerprint density at radius 2 is 1.95 bits per heavy atom. The number of hydrogen-bond donors (Lipinski definition) is 2. The van der Waals surface area contributed by atoms with Gasteiger partial charge in [0.2, 0.25) is 5.91 Å². The van der Waals surface area contributed by atoms with Crippen LogP contribution in [0.15, 0.2) is 30.3 Å². The lowest BCUT2D eigenvalue weighted by molar-refractivity contribution is -0.141. The van der Waals surface area contributed by atoms with E-state index in [-0.39, 0.29) is 18.4 Å². The Morgan fingerprint density at radius 3 is 2.50 bits per heavy atom. The zero-order valence-electron chi connectivity index (χ0n) is 11.8. The molecule has 0 saturated heterocycles. The largest absolute Gasteiger partial charge is 0.481 e. The molecule has 0 aromatic heterocycles. The fourth-order valence-electron chi connectivity index (χ4n) is 1.87. The zero-order chi connectivity index (χ0) is 15.0. The minimum absolute atomic E-state index is 0.122. The first kappa shape index (κ1) is 16.2. The van der Waals surface area contributed by atoms with Gasteiger partial charge >= 0.3 is 5.97 Å². The summed E-state index contributed by atoms with van der Waals surface area (Å²) in [4.78, 5) is 23.0. The number of carbonyl (C=O) groups is 2. The van der Waals surface area contributed by atoms with Gasteiger partial charge in [0.15, 0.2) is 0 Å². The summed E-state index contributed by atoms with van der Waals surface area (Å²) in [6, 6.07) is 9.38. The molecule has 5 nitrogen and oxygen atoms in total. The molecule has 2 N–H and O–H groups in total. The SMILES string of the molecule is COCC(C)C(=O)NCC(Cc1ccccc1)C(=O)O. The lowest BCUT2D eigenvalue weighted by Gasteiger charge is -2.16. The summed E-state index contributed by atoms with van der Waals surface area (Å²) in [6.07, 6.45) is 0.398. The van der Waals surface area contributed by atoms with Gasteiger partial charge in [0.05, 0.1) is 18.4 Å². The number of aliphatic carboxylic acids is 1. The van der Waals surface area contributed by atoms with E-state index >= 15 is 0 Å². The van der Waals surface area contributed by atoms with E-state index in [4.69, 9.17) is 4.74 Å². The smallest absolute Gasteiger partial charge is 0.308 e. The molecule has 2 atom stereocenters. The third-order valence-corrected chi connectivity index (χ3v) is 3.06. The molecule has 1 rings (SSSR count). The number of carbonyl (C=O) groups excluding carboxylic acids is 1. The second-order valence-electron chi connectivity index (χ2n) is 4.83. The summed E-state index contributed by atoms with van der Waals surface area (Å²) < 4.78 is 4.90. The number of nitrogens with one attached hydrogen (secondary N) is 1. The Kier molecular flexibility index (Phi) is 6.73. The van der Waals surface area contributed by atoms with Crippen molar-refractivity contribution in [2.45, 2.75) is 13.3 Å². The summed E-state index contributed by atoms with van der Waals surface area (Å²) in [5.74, 6) is -2.01. The average molecular weight is 279 g/mol. The minimum atomic E-state index is -0.909. The topological polar surface area (TPSA) is 75.6 Å².